The van der Waals surface area contributed by atoms with E-state index in [-0.39, 0.29) is 11.4 Å². The molecule has 3 nitrogen and oxygen atoms in total. The predicted molar refractivity (Wildman–Crippen MR) is 75.1 cm³/mol. The molecule has 1 heterocycles. The summed E-state index contributed by atoms with van der Waals surface area (Å²) in [4.78, 5) is 11.7. The molecule has 1 atom stereocenters. The van der Waals surface area contributed by atoms with Gasteiger partial charge in [-0.15, -0.1) is 0 Å². The molecule has 1 aromatic carbocycles. The number of piperidine rings is 1. The molecule has 0 unspecified atom stereocenters. The van der Waals surface area contributed by atoms with Crippen molar-refractivity contribution in [1.29, 1.82) is 0 Å². The molecule has 19 heavy (non-hydrogen) atoms. The van der Waals surface area contributed by atoms with Crippen molar-refractivity contribution >= 4 is 12.0 Å². The molecular formula is C16H17NO2. The minimum atomic E-state index is -0.288. The standard InChI is InChI=1S/C16H17NO2/c1-11-10-17-8-7-16(11)6-5-12-3-4-13(9-14(12)16)15(18)19-2/h3-6,9,17H,1,7-8,10H2,2H3/t16-/m0/s1. The second kappa shape index (κ2) is 4.35. The average molecular weight is 255 g/mol. The number of carbonyl (C=O) groups is 1. The highest BCUT2D eigenvalue weighted by Crippen LogP contribution is 2.45. The van der Waals surface area contributed by atoms with Gasteiger partial charge in [0.25, 0.3) is 0 Å². The van der Waals surface area contributed by atoms with Crippen LogP contribution in [0, 0.1) is 0 Å². The fourth-order valence-electron chi connectivity index (χ4n) is 3.04. The van der Waals surface area contributed by atoms with Crippen LogP contribution in [-0.2, 0) is 10.2 Å². The van der Waals surface area contributed by atoms with Crippen LogP contribution in [0.4, 0.5) is 0 Å². The maximum atomic E-state index is 11.7. The van der Waals surface area contributed by atoms with Gasteiger partial charge in [-0.2, -0.15) is 0 Å². The number of fused-ring (bicyclic) bond motifs is 2. The van der Waals surface area contributed by atoms with Gasteiger partial charge >= 0.3 is 5.97 Å². The van der Waals surface area contributed by atoms with E-state index in [1.807, 2.05) is 18.2 Å². The summed E-state index contributed by atoms with van der Waals surface area (Å²) in [5.74, 6) is -0.288. The highest BCUT2D eigenvalue weighted by molar-refractivity contribution is 5.90. The van der Waals surface area contributed by atoms with Crippen LogP contribution >= 0.6 is 0 Å². The Bertz CT molecular complexity index is 588. The van der Waals surface area contributed by atoms with E-state index in [0.717, 1.165) is 25.1 Å². The van der Waals surface area contributed by atoms with E-state index in [2.05, 4.69) is 24.0 Å². The summed E-state index contributed by atoms with van der Waals surface area (Å²) in [5.41, 5.74) is 4.02. The minimum absolute atomic E-state index is 0.107. The van der Waals surface area contributed by atoms with Gasteiger partial charge in [0.2, 0.25) is 0 Å². The van der Waals surface area contributed by atoms with Crippen molar-refractivity contribution in [3.8, 4) is 0 Å². The smallest absolute Gasteiger partial charge is 0.337 e. The van der Waals surface area contributed by atoms with E-state index in [9.17, 15) is 4.79 Å². The lowest BCUT2D eigenvalue weighted by atomic mass is 9.72. The van der Waals surface area contributed by atoms with E-state index in [1.54, 1.807) is 0 Å². The van der Waals surface area contributed by atoms with E-state index in [4.69, 9.17) is 4.74 Å². The monoisotopic (exact) mass is 255 g/mol. The van der Waals surface area contributed by atoms with Gasteiger partial charge in [-0.1, -0.05) is 24.8 Å². The van der Waals surface area contributed by atoms with Crippen molar-refractivity contribution in [2.45, 2.75) is 11.8 Å². The van der Waals surface area contributed by atoms with Crippen molar-refractivity contribution in [2.24, 2.45) is 0 Å². The summed E-state index contributed by atoms with van der Waals surface area (Å²) in [5, 5.41) is 3.34. The Morgan fingerprint density at radius 1 is 1.47 bits per heavy atom. The Kier molecular flexibility index (Phi) is 2.79. The largest absolute Gasteiger partial charge is 0.465 e. The summed E-state index contributed by atoms with van der Waals surface area (Å²) < 4.78 is 4.80. The molecule has 0 amide bonds. The molecule has 2 aliphatic rings. The lowest BCUT2D eigenvalue weighted by molar-refractivity contribution is 0.0600. The Morgan fingerprint density at radius 2 is 2.32 bits per heavy atom. The molecule has 0 bridgehead atoms. The van der Waals surface area contributed by atoms with Gasteiger partial charge in [0.1, 0.15) is 0 Å². The first-order chi connectivity index (χ1) is 9.17. The zero-order valence-corrected chi connectivity index (χ0v) is 11.0. The number of ether oxygens (including phenoxy) is 1. The third kappa shape index (κ3) is 1.73. The molecule has 98 valence electrons. The quantitative estimate of drug-likeness (QED) is 0.618. The van der Waals surface area contributed by atoms with Crippen molar-refractivity contribution < 1.29 is 9.53 Å². The third-order valence-corrected chi connectivity index (χ3v) is 4.17. The number of benzene rings is 1. The van der Waals surface area contributed by atoms with Gasteiger partial charge in [-0.3, -0.25) is 0 Å². The lowest BCUT2D eigenvalue weighted by Crippen LogP contribution is -2.39. The lowest BCUT2D eigenvalue weighted by Gasteiger charge is -2.36. The first-order valence-electron chi connectivity index (χ1n) is 6.48. The molecular weight excluding hydrogens is 238 g/mol. The van der Waals surface area contributed by atoms with Crippen LogP contribution in [0.1, 0.15) is 27.9 Å². The summed E-state index contributed by atoms with van der Waals surface area (Å²) >= 11 is 0. The van der Waals surface area contributed by atoms with Gasteiger partial charge in [-0.25, -0.2) is 4.79 Å². The molecule has 0 aromatic heterocycles. The van der Waals surface area contributed by atoms with Crippen molar-refractivity contribution in [3.05, 3.63) is 53.1 Å². The third-order valence-electron chi connectivity index (χ3n) is 4.17. The maximum Gasteiger partial charge on any atom is 0.337 e. The number of allylic oxidation sites excluding steroid dienone is 1. The Hall–Kier alpha value is -1.87. The number of carbonyl (C=O) groups excluding carboxylic acids is 1. The molecule has 1 aliphatic heterocycles. The Labute approximate surface area is 113 Å². The zero-order chi connectivity index (χ0) is 13.5. The number of hydrogen-bond acceptors (Lipinski definition) is 3. The SMILES string of the molecule is C=C1CNCC[C@@]12C=Cc1ccc(C(=O)OC)cc12. The molecule has 1 spiro atoms. The molecule has 1 aliphatic carbocycles. The summed E-state index contributed by atoms with van der Waals surface area (Å²) in [6.45, 7) is 6.00. The summed E-state index contributed by atoms with van der Waals surface area (Å²) in [6, 6.07) is 5.76. The number of methoxy groups -OCH3 is 1. The molecule has 3 rings (SSSR count). The second-order valence-electron chi connectivity index (χ2n) is 5.13. The molecule has 1 fully saturated rings. The van der Waals surface area contributed by atoms with Crippen LogP contribution in [0.3, 0.4) is 0 Å². The number of rotatable bonds is 1. The fourth-order valence-corrected chi connectivity index (χ4v) is 3.04. The first-order valence-corrected chi connectivity index (χ1v) is 6.48. The minimum Gasteiger partial charge on any atom is -0.465 e. The summed E-state index contributed by atoms with van der Waals surface area (Å²) in [6.07, 6.45) is 5.34. The fraction of sp³-hybridized carbons (Fsp3) is 0.312. The van der Waals surface area contributed by atoms with E-state index >= 15 is 0 Å². The van der Waals surface area contributed by atoms with Crippen molar-refractivity contribution in [1.82, 2.24) is 5.32 Å². The van der Waals surface area contributed by atoms with Crippen LogP contribution in [-0.4, -0.2) is 26.2 Å². The highest BCUT2D eigenvalue weighted by atomic mass is 16.5. The van der Waals surface area contributed by atoms with Crippen LogP contribution in [0.15, 0.2) is 36.4 Å². The second-order valence-corrected chi connectivity index (χ2v) is 5.13. The molecule has 1 saturated heterocycles. The average Bonchev–Trinajstić information content (AvgIpc) is 2.81. The van der Waals surface area contributed by atoms with Crippen LogP contribution in [0.2, 0.25) is 0 Å². The molecule has 0 saturated carbocycles. The Morgan fingerprint density at radius 3 is 3.05 bits per heavy atom. The highest BCUT2D eigenvalue weighted by Gasteiger charge is 2.39. The van der Waals surface area contributed by atoms with Gasteiger partial charge in [0.15, 0.2) is 0 Å². The van der Waals surface area contributed by atoms with Crippen LogP contribution < -0.4 is 5.32 Å². The van der Waals surface area contributed by atoms with Gasteiger partial charge in [0.05, 0.1) is 12.7 Å². The first kappa shape index (κ1) is 12.2. The maximum absolute atomic E-state index is 11.7. The van der Waals surface area contributed by atoms with Crippen LogP contribution in [0.25, 0.3) is 6.08 Å². The zero-order valence-electron chi connectivity index (χ0n) is 11.0. The van der Waals surface area contributed by atoms with Crippen LogP contribution in [0.5, 0.6) is 0 Å². The summed E-state index contributed by atoms with van der Waals surface area (Å²) in [7, 11) is 1.41. The van der Waals surface area contributed by atoms with E-state index in [1.165, 1.54) is 18.2 Å². The van der Waals surface area contributed by atoms with Gasteiger partial charge < -0.3 is 10.1 Å². The topological polar surface area (TPSA) is 38.3 Å². The number of hydrogen-bond donors (Lipinski definition) is 1. The van der Waals surface area contributed by atoms with E-state index < -0.39 is 0 Å². The van der Waals surface area contributed by atoms with Crippen molar-refractivity contribution in [2.75, 3.05) is 20.2 Å². The predicted octanol–water partition coefficient (Wildman–Crippen LogP) is 2.29. The molecule has 1 aromatic rings. The number of esters is 1. The van der Waals surface area contributed by atoms with Gasteiger partial charge in [-0.05, 0) is 41.8 Å². The normalized spacial score (nSPS) is 24.6. The molecule has 0 radical (unpaired) electrons. The molecule has 1 N–H and O–H groups in total. The van der Waals surface area contributed by atoms with Crippen molar-refractivity contribution in [3.63, 3.8) is 0 Å². The molecule has 3 heteroatoms. The van der Waals surface area contributed by atoms with E-state index in [0.29, 0.717) is 5.56 Å². The Balaban J connectivity index is 2.09. The van der Waals surface area contributed by atoms with Gasteiger partial charge in [0, 0.05) is 12.0 Å². The number of nitrogens with one attached hydrogen (secondary N) is 1.